The number of benzene rings is 1. The summed E-state index contributed by atoms with van der Waals surface area (Å²) in [6.07, 6.45) is 0. The van der Waals surface area contributed by atoms with Crippen LogP contribution >= 0.6 is 0 Å². The molecule has 1 N–H and O–H groups in total. The van der Waals surface area contributed by atoms with Gasteiger partial charge < -0.3 is 9.84 Å². The van der Waals surface area contributed by atoms with Crippen molar-refractivity contribution in [3.05, 3.63) is 35.4 Å². The third kappa shape index (κ3) is 4.16. The first-order valence-corrected chi connectivity index (χ1v) is 6.79. The lowest BCUT2D eigenvalue weighted by Crippen LogP contribution is -2.15. The van der Waals surface area contributed by atoms with Crippen molar-refractivity contribution in [1.29, 1.82) is 0 Å². The summed E-state index contributed by atoms with van der Waals surface area (Å²) in [5.41, 5.74) is 0.324. The van der Waals surface area contributed by atoms with Crippen LogP contribution in [0.15, 0.2) is 24.3 Å². The van der Waals surface area contributed by atoms with Gasteiger partial charge in [0.05, 0.1) is 23.7 Å². The molecule has 0 amide bonds. The van der Waals surface area contributed by atoms with E-state index in [-0.39, 0.29) is 23.7 Å². The summed E-state index contributed by atoms with van der Waals surface area (Å²) >= 11 is 0. The van der Waals surface area contributed by atoms with Gasteiger partial charge in [-0.25, -0.2) is 13.2 Å². The number of hydrogen-bond acceptors (Lipinski definition) is 4. The maximum atomic E-state index is 11.7. The van der Waals surface area contributed by atoms with Crippen LogP contribution in [0, 0.1) is 0 Å². The van der Waals surface area contributed by atoms with Crippen LogP contribution in [0.1, 0.15) is 15.9 Å². The molecule has 0 aliphatic carbocycles. The average Bonchev–Trinajstić information content (AvgIpc) is 2.26. The minimum absolute atomic E-state index is 0.0218. The van der Waals surface area contributed by atoms with Gasteiger partial charge in [0.15, 0.2) is 9.84 Å². The maximum absolute atomic E-state index is 11.7. The van der Waals surface area contributed by atoms with Crippen molar-refractivity contribution >= 4 is 15.8 Å². The normalized spacial score (nSPS) is 11.4. The predicted molar refractivity (Wildman–Crippen MR) is 62.8 cm³/mol. The summed E-state index contributed by atoms with van der Waals surface area (Å²) < 4.78 is 28.0. The van der Waals surface area contributed by atoms with Crippen LogP contribution in [0.5, 0.6) is 0 Å². The predicted octanol–water partition coefficient (Wildman–Crippen LogP) is 0.946. The van der Waals surface area contributed by atoms with Gasteiger partial charge in [0.25, 0.3) is 0 Å². The molecule has 0 spiro atoms. The molecule has 0 aromatic heterocycles. The number of carbonyl (C=O) groups is 1. The largest absolute Gasteiger partial charge is 0.478 e. The Bertz CT molecular complexity index is 492. The van der Waals surface area contributed by atoms with Gasteiger partial charge in [-0.3, -0.25) is 0 Å². The minimum atomic E-state index is -3.34. The molecule has 0 heterocycles. The number of carboxylic acid groups (broad SMARTS) is 1. The molecule has 0 saturated heterocycles. The lowest BCUT2D eigenvalue weighted by atomic mass is 10.1. The zero-order valence-electron chi connectivity index (χ0n) is 9.42. The van der Waals surface area contributed by atoms with Gasteiger partial charge in [0.2, 0.25) is 0 Å². The number of rotatable bonds is 6. The van der Waals surface area contributed by atoms with Crippen LogP contribution in [0.4, 0.5) is 0 Å². The van der Waals surface area contributed by atoms with Crippen LogP contribution in [0.2, 0.25) is 0 Å². The molecule has 1 aromatic rings. The minimum Gasteiger partial charge on any atom is -0.478 e. The van der Waals surface area contributed by atoms with Gasteiger partial charge in [0, 0.05) is 7.11 Å². The van der Waals surface area contributed by atoms with Crippen molar-refractivity contribution < 1.29 is 23.1 Å². The summed E-state index contributed by atoms with van der Waals surface area (Å²) in [5, 5.41) is 8.92. The molecule has 6 heteroatoms. The van der Waals surface area contributed by atoms with Crippen molar-refractivity contribution in [2.75, 3.05) is 19.5 Å². The van der Waals surface area contributed by atoms with Gasteiger partial charge in [-0.2, -0.15) is 0 Å². The number of hydrogen-bond donors (Lipinski definition) is 1. The Morgan fingerprint density at radius 1 is 1.35 bits per heavy atom. The number of carboxylic acids is 1. The first-order valence-electron chi connectivity index (χ1n) is 4.97. The molecule has 0 unspecified atom stereocenters. The third-order valence-electron chi connectivity index (χ3n) is 2.22. The highest BCUT2D eigenvalue weighted by Crippen LogP contribution is 2.13. The Balaban J connectivity index is 2.92. The van der Waals surface area contributed by atoms with Crippen LogP contribution in [-0.4, -0.2) is 39.0 Å². The summed E-state index contributed by atoms with van der Waals surface area (Å²) in [7, 11) is -1.92. The van der Waals surface area contributed by atoms with Crippen LogP contribution in [0.25, 0.3) is 0 Å². The number of ether oxygens (including phenoxy) is 1. The molecule has 0 saturated carbocycles. The second-order valence-electron chi connectivity index (χ2n) is 3.55. The smallest absolute Gasteiger partial charge is 0.335 e. The summed E-state index contributed by atoms with van der Waals surface area (Å²) in [5.74, 6) is -1.52. The Morgan fingerprint density at radius 2 is 2.00 bits per heavy atom. The molecular weight excluding hydrogens is 244 g/mol. The molecule has 0 aliphatic heterocycles. The molecule has 0 fully saturated rings. The van der Waals surface area contributed by atoms with E-state index >= 15 is 0 Å². The fraction of sp³-hybridized carbons (Fsp3) is 0.364. The van der Waals surface area contributed by atoms with Gasteiger partial charge >= 0.3 is 5.97 Å². The molecule has 0 aliphatic rings. The number of methoxy groups -OCH3 is 1. The Hall–Kier alpha value is -1.40. The highest BCUT2D eigenvalue weighted by Gasteiger charge is 2.16. The molecule has 5 nitrogen and oxygen atoms in total. The molecule has 94 valence electrons. The molecular formula is C11H14O5S. The Labute approximate surface area is 100.0 Å². The zero-order valence-corrected chi connectivity index (χ0v) is 10.2. The fourth-order valence-corrected chi connectivity index (χ4v) is 2.66. The zero-order chi connectivity index (χ0) is 12.9. The van der Waals surface area contributed by atoms with Crippen molar-refractivity contribution in [3.8, 4) is 0 Å². The van der Waals surface area contributed by atoms with E-state index in [4.69, 9.17) is 9.84 Å². The van der Waals surface area contributed by atoms with Crippen LogP contribution in [-0.2, 0) is 20.3 Å². The van der Waals surface area contributed by atoms with E-state index in [9.17, 15) is 13.2 Å². The van der Waals surface area contributed by atoms with Crippen LogP contribution in [0.3, 0.4) is 0 Å². The van der Waals surface area contributed by atoms with Gasteiger partial charge in [-0.05, 0) is 11.6 Å². The van der Waals surface area contributed by atoms with Gasteiger partial charge in [-0.1, -0.05) is 18.2 Å². The molecule has 17 heavy (non-hydrogen) atoms. The second-order valence-corrected chi connectivity index (χ2v) is 5.73. The van der Waals surface area contributed by atoms with Crippen LogP contribution < -0.4 is 0 Å². The lowest BCUT2D eigenvalue weighted by Gasteiger charge is -2.06. The lowest BCUT2D eigenvalue weighted by molar-refractivity contribution is 0.0696. The Kier molecular flexibility index (Phi) is 4.65. The average molecular weight is 258 g/mol. The summed E-state index contributed by atoms with van der Waals surface area (Å²) in [6, 6.07) is 6.08. The van der Waals surface area contributed by atoms with Gasteiger partial charge in [-0.15, -0.1) is 0 Å². The topological polar surface area (TPSA) is 80.7 Å². The fourth-order valence-electron chi connectivity index (χ4n) is 1.37. The number of aromatic carboxylic acids is 1. The van der Waals surface area contributed by atoms with E-state index in [1.165, 1.54) is 19.2 Å². The molecule has 0 bridgehead atoms. The van der Waals surface area contributed by atoms with E-state index < -0.39 is 15.8 Å². The molecule has 0 radical (unpaired) electrons. The standard InChI is InChI=1S/C11H14O5S/c1-16-6-7-17(14,15)8-9-4-2-3-5-10(9)11(12)13/h2-5H,6-8H2,1H3,(H,12,13). The molecule has 1 rings (SSSR count). The van der Waals surface area contributed by atoms with Crippen molar-refractivity contribution in [3.63, 3.8) is 0 Å². The monoisotopic (exact) mass is 258 g/mol. The van der Waals surface area contributed by atoms with Gasteiger partial charge in [0.1, 0.15) is 0 Å². The Morgan fingerprint density at radius 3 is 2.59 bits per heavy atom. The molecule has 1 aromatic carbocycles. The second kappa shape index (κ2) is 5.79. The highest BCUT2D eigenvalue weighted by molar-refractivity contribution is 7.90. The quantitative estimate of drug-likeness (QED) is 0.821. The highest BCUT2D eigenvalue weighted by atomic mass is 32.2. The van der Waals surface area contributed by atoms with E-state index in [0.29, 0.717) is 5.56 Å². The third-order valence-corrected chi connectivity index (χ3v) is 3.76. The first-order chi connectivity index (χ1) is 7.96. The first kappa shape index (κ1) is 13.7. The SMILES string of the molecule is COCCS(=O)(=O)Cc1ccccc1C(=O)O. The van der Waals surface area contributed by atoms with Crippen molar-refractivity contribution in [1.82, 2.24) is 0 Å². The van der Waals surface area contributed by atoms with Crippen molar-refractivity contribution in [2.45, 2.75) is 5.75 Å². The van der Waals surface area contributed by atoms with E-state index in [2.05, 4.69) is 0 Å². The summed E-state index contributed by atoms with van der Waals surface area (Å²) in [4.78, 5) is 10.9. The maximum Gasteiger partial charge on any atom is 0.335 e. The van der Waals surface area contributed by atoms with E-state index in [0.717, 1.165) is 0 Å². The van der Waals surface area contributed by atoms with E-state index in [1.54, 1.807) is 12.1 Å². The van der Waals surface area contributed by atoms with E-state index in [1.807, 2.05) is 0 Å². The summed E-state index contributed by atoms with van der Waals surface area (Å²) in [6.45, 7) is 0.109. The molecule has 0 atom stereocenters. The van der Waals surface area contributed by atoms with Crippen molar-refractivity contribution in [2.24, 2.45) is 0 Å². The number of sulfone groups is 1.